The molecule has 0 aromatic heterocycles. The number of alkyl carbamates (subject to hydrolysis) is 1. The van der Waals surface area contributed by atoms with Crippen LogP contribution in [0.1, 0.15) is 23.6 Å². The number of hydrogen-bond acceptors (Lipinski definition) is 4. The molecule has 0 bridgehead atoms. The van der Waals surface area contributed by atoms with Crippen molar-refractivity contribution in [3.63, 3.8) is 0 Å². The minimum Gasteiger partial charge on any atom is -0.445 e. The molecule has 0 radical (unpaired) electrons. The summed E-state index contributed by atoms with van der Waals surface area (Å²) in [6.45, 7) is 3.00. The Hall–Kier alpha value is -2.86. The van der Waals surface area contributed by atoms with E-state index in [0.29, 0.717) is 6.54 Å². The van der Waals surface area contributed by atoms with Gasteiger partial charge in [-0.25, -0.2) is 4.79 Å². The molecule has 6 heteroatoms. The van der Waals surface area contributed by atoms with Gasteiger partial charge >= 0.3 is 6.09 Å². The maximum atomic E-state index is 12.3. The van der Waals surface area contributed by atoms with Crippen LogP contribution in [0.5, 0.6) is 0 Å². The van der Waals surface area contributed by atoms with Crippen molar-refractivity contribution in [2.75, 3.05) is 14.1 Å². The molecule has 0 fully saturated rings. The second-order valence-corrected chi connectivity index (χ2v) is 6.65. The highest BCUT2D eigenvalue weighted by Gasteiger charge is 2.16. The summed E-state index contributed by atoms with van der Waals surface area (Å²) in [6.07, 6.45) is -0.616. The van der Waals surface area contributed by atoms with Crippen LogP contribution in [0, 0.1) is 0 Å². The van der Waals surface area contributed by atoms with Gasteiger partial charge < -0.3 is 20.3 Å². The van der Waals surface area contributed by atoms with Crippen molar-refractivity contribution in [2.24, 2.45) is 0 Å². The monoisotopic (exact) mass is 369 g/mol. The Morgan fingerprint density at radius 2 is 1.63 bits per heavy atom. The van der Waals surface area contributed by atoms with Gasteiger partial charge in [-0.05, 0) is 37.7 Å². The molecular formula is C21H27N3O3. The van der Waals surface area contributed by atoms with E-state index in [1.807, 2.05) is 68.7 Å². The summed E-state index contributed by atoms with van der Waals surface area (Å²) < 4.78 is 5.14. The molecule has 6 nitrogen and oxygen atoms in total. The summed E-state index contributed by atoms with van der Waals surface area (Å²) in [6, 6.07) is 16.7. The number of carbonyl (C=O) groups is 2. The van der Waals surface area contributed by atoms with E-state index in [0.717, 1.165) is 23.2 Å². The molecule has 2 aromatic carbocycles. The van der Waals surface area contributed by atoms with Gasteiger partial charge in [-0.3, -0.25) is 4.79 Å². The van der Waals surface area contributed by atoms with E-state index in [1.54, 1.807) is 6.92 Å². The highest BCUT2D eigenvalue weighted by Crippen LogP contribution is 2.10. The molecule has 2 rings (SSSR count). The third-order valence-electron chi connectivity index (χ3n) is 4.00. The smallest absolute Gasteiger partial charge is 0.408 e. The van der Waals surface area contributed by atoms with Crippen molar-refractivity contribution in [3.05, 3.63) is 71.3 Å². The van der Waals surface area contributed by atoms with Crippen LogP contribution in [-0.4, -0.2) is 37.0 Å². The molecule has 0 unspecified atom stereocenters. The van der Waals surface area contributed by atoms with E-state index in [4.69, 9.17) is 4.74 Å². The predicted octanol–water partition coefficient (Wildman–Crippen LogP) is 2.68. The van der Waals surface area contributed by atoms with Gasteiger partial charge in [0, 0.05) is 13.1 Å². The largest absolute Gasteiger partial charge is 0.445 e. The first kappa shape index (κ1) is 20.5. The van der Waals surface area contributed by atoms with Gasteiger partial charge in [0.1, 0.15) is 12.6 Å². The summed E-state index contributed by atoms with van der Waals surface area (Å²) >= 11 is 0. The van der Waals surface area contributed by atoms with Crippen molar-refractivity contribution in [1.82, 2.24) is 15.5 Å². The van der Waals surface area contributed by atoms with E-state index in [9.17, 15) is 9.59 Å². The number of rotatable bonds is 8. The Balaban J connectivity index is 1.79. The van der Waals surface area contributed by atoms with Crippen LogP contribution >= 0.6 is 0 Å². The SMILES string of the molecule is C[C@H](NC(=O)OCc1ccccc1)C(=O)NCc1ccccc1CN(C)C. The first-order valence-electron chi connectivity index (χ1n) is 8.92. The molecule has 2 aromatic rings. The van der Waals surface area contributed by atoms with Crippen molar-refractivity contribution < 1.29 is 14.3 Å². The summed E-state index contributed by atoms with van der Waals surface area (Å²) in [5.41, 5.74) is 3.10. The summed E-state index contributed by atoms with van der Waals surface area (Å²) in [7, 11) is 4.00. The molecule has 0 heterocycles. The number of carbonyl (C=O) groups excluding carboxylic acids is 2. The van der Waals surface area contributed by atoms with Gasteiger partial charge in [0.2, 0.25) is 5.91 Å². The molecule has 27 heavy (non-hydrogen) atoms. The average Bonchev–Trinajstić information content (AvgIpc) is 2.65. The first-order valence-corrected chi connectivity index (χ1v) is 8.92. The highest BCUT2D eigenvalue weighted by atomic mass is 16.5. The Morgan fingerprint density at radius 3 is 2.30 bits per heavy atom. The molecular weight excluding hydrogens is 342 g/mol. The molecule has 144 valence electrons. The zero-order valence-electron chi connectivity index (χ0n) is 16.1. The lowest BCUT2D eigenvalue weighted by Gasteiger charge is -2.17. The number of hydrogen-bond donors (Lipinski definition) is 2. The molecule has 0 saturated carbocycles. The Labute approximate surface area is 160 Å². The Morgan fingerprint density at radius 1 is 1.00 bits per heavy atom. The van der Waals surface area contributed by atoms with Crippen LogP contribution in [0.4, 0.5) is 4.79 Å². The molecule has 0 saturated heterocycles. The normalized spacial score (nSPS) is 11.7. The molecule has 0 aliphatic carbocycles. The average molecular weight is 369 g/mol. The Bertz CT molecular complexity index is 747. The second-order valence-electron chi connectivity index (χ2n) is 6.65. The fraction of sp³-hybridized carbons (Fsp3) is 0.333. The summed E-state index contributed by atoms with van der Waals surface area (Å²) in [5, 5.41) is 5.42. The van der Waals surface area contributed by atoms with Crippen LogP contribution in [-0.2, 0) is 29.2 Å². The van der Waals surface area contributed by atoms with Gasteiger partial charge in [-0.15, -0.1) is 0 Å². The molecule has 0 spiro atoms. The van der Waals surface area contributed by atoms with Gasteiger partial charge in [-0.2, -0.15) is 0 Å². The Kier molecular flexibility index (Phi) is 7.82. The zero-order valence-corrected chi connectivity index (χ0v) is 16.1. The minimum atomic E-state index is -0.686. The number of ether oxygens (including phenoxy) is 1. The standard InChI is InChI=1S/C21H27N3O3/c1-16(23-21(26)27-15-17-9-5-4-6-10-17)20(25)22-13-18-11-7-8-12-19(18)14-24(2)3/h4-12,16H,13-15H2,1-3H3,(H,22,25)(H,23,26)/t16-/m0/s1. The lowest BCUT2D eigenvalue weighted by molar-refractivity contribution is -0.122. The zero-order chi connectivity index (χ0) is 19.6. The van der Waals surface area contributed by atoms with Crippen LogP contribution < -0.4 is 10.6 Å². The first-order chi connectivity index (χ1) is 13.0. The van der Waals surface area contributed by atoms with Crippen LogP contribution in [0.3, 0.4) is 0 Å². The van der Waals surface area contributed by atoms with Gasteiger partial charge in [0.05, 0.1) is 0 Å². The fourth-order valence-corrected chi connectivity index (χ4v) is 2.57. The lowest BCUT2D eigenvalue weighted by Crippen LogP contribution is -2.44. The molecule has 2 N–H and O–H groups in total. The highest BCUT2D eigenvalue weighted by molar-refractivity contribution is 5.85. The third-order valence-corrected chi connectivity index (χ3v) is 4.00. The molecule has 1 atom stereocenters. The van der Waals surface area contributed by atoms with Crippen molar-refractivity contribution >= 4 is 12.0 Å². The molecule has 0 aliphatic rings. The van der Waals surface area contributed by atoms with E-state index in [1.165, 1.54) is 0 Å². The summed E-state index contributed by atoms with van der Waals surface area (Å²) in [4.78, 5) is 26.2. The number of amides is 2. The molecule has 2 amide bonds. The van der Waals surface area contributed by atoms with Gasteiger partial charge in [-0.1, -0.05) is 54.6 Å². The maximum Gasteiger partial charge on any atom is 0.408 e. The van der Waals surface area contributed by atoms with E-state index in [-0.39, 0.29) is 12.5 Å². The van der Waals surface area contributed by atoms with Crippen molar-refractivity contribution in [3.8, 4) is 0 Å². The summed E-state index contributed by atoms with van der Waals surface area (Å²) in [5.74, 6) is -0.258. The molecule has 0 aliphatic heterocycles. The number of nitrogens with zero attached hydrogens (tertiary/aromatic N) is 1. The second kappa shape index (κ2) is 10.3. The van der Waals surface area contributed by atoms with Crippen molar-refractivity contribution in [1.29, 1.82) is 0 Å². The predicted molar refractivity (Wildman–Crippen MR) is 105 cm³/mol. The van der Waals surface area contributed by atoms with Crippen LogP contribution in [0.15, 0.2) is 54.6 Å². The fourth-order valence-electron chi connectivity index (χ4n) is 2.57. The lowest BCUT2D eigenvalue weighted by atomic mass is 10.1. The van der Waals surface area contributed by atoms with E-state index in [2.05, 4.69) is 15.5 Å². The van der Waals surface area contributed by atoms with E-state index < -0.39 is 12.1 Å². The topological polar surface area (TPSA) is 70.7 Å². The quantitative estimate of drug-likeness (QED) is 0.751. The van der Waals surface area contributed by atoms with Crippen LogP contribution in [0.25, 0.3) is 0 Å². The minimum absolute atomic E-state index is 0.166. The number of benzene rings is 2. The van der Waals surface area contributed by atoms with E-state index >= 15 is 0 Å². The third kappa shape index (κ3) is 7.11. The maximum absolute atomic E-state index is 12.3. The number of nitrogens with one attached hydrogen (secondary N) is 2. The van der Waals surface area contributed by atoms with Gasteiger partial charge in [0.25, 0.3) is 0 Å². The van der Waals surface area contributed by atoms with Crippen LogP contribution in [0.2, 0.25) is 0 Å². The van der Waals surface area contributed by atoms with Gasteiger partial charge in [0.15, 0.2) is 0 Å². The van der Waals surface area contributed by atoms with Crippen molar-refractivity contribution in [2.45, 2.75) is 32.7 Å².